The van der Waals surface area contributed by atoms with Crippen molar-refractivity contribution < 1.29 is 0 Å². The molecule has 0 fully saturated rings. The van der Waals surface area contributed by atoms with Crippen molar-refractivity contribution in [3.05, 3.63) is 39.9 Å². The van der Waals surface area contributed by atoms with Crippen LogP contribution < -0.4 is 5.73 Å². The lowest BCUT2D eigenvalue weighted by atomic mass is 10.0. The van der Waals surface area contributed by atoms with Crippen molar-refractivity contribution in [2.75, 3.05) is 5.73 Å². The molecule has 0 atom stereocenters. The molecule has 0 heterocycles. The first-order chi connectivity index (χ1) is 6.77. The van der Waals surface area contributed by atoms with Gasteiger partial charge in [0.1, 0.15) is 0 Å². The van der Waals surface area contributed by atoms with Crippen LogP contribution in [0.1, 0.15) is 11.1 Å². The molecule has 0 bridgehead atoms. The van der Waals surface area contributed by atoms with Crippen LogP contribution in [-0.2, 0) is 12.8 Å². The maximum absolute atomic E-state index is 5.99. The summed E-state index contributed by atoms with van der Waals surface area (Å²) in [5.74, 6) is 0. The summed E-state index contributed by atoms with van der Waals surface area (Å²) >= 11 is 3.56. The van der Waals surface area contributed by atoms with E-state index >= 15 is 0 Å². The molecule has 0 aromatic heterocycles. The highest BCUT2D eigenvalue weighted by molar-refractivity contribution is 9.10. The van der Waals surface area contributed by atoms with Gasteiger partial charge in [0.15, 0.2) is 0 Å². The van der Waals surface area contributed by atoms with E-state index in [1.807, 2.05) is 6.07 Å². The number of benzene rings is 2. The Morgan fingerprint density at radius 1 is 0.929 bits per heavy atom. The molecule has 1 aliphatic rings. The number of anilines is 1. The zero-order valence-corrected chi connectivity index (χ0v) is 9.26. The second kappa shape index (κ2) is 2.74. The van der Waals surface area contributed by atoms with Crippen molar-refractivity contribution in [2.24, 2.45) is 0 Å². The normalized spacial score (nSPS) is 13.8. The molecule has 2 heteroatoms. The van der Waals surface area contributed by atoms with E-state index in [0.29, 0.717) is 0 Å². The molecule has 0 amide bonds. The van der Waals surface area contributed by atoms with E-state index in [2.05, 4.69) is 34.1 Å². The summed E-state index contributed by atoms with van der Waals surface area (Å²) < 4.78 is 1.11. The smallest absolute Gasteiger partial charge is 0.0405 e. The Kier molecular flexibility index (Phi) is 1.62. The van der Waals surface area contributed by atoms with E-state index in [0.717, 1.165) is 23.0 Å². The fourth-order valence-electron chi connectivity index (χ4n) is 2.31. The van der Waals surface area contributed by atoms with Crippen LogP contribution in [0, 0.1) is 0 Å². The molecule has 0 spiro atoms. The number of rotatable bonds is 0. The fourth-order valence-corrected chi connectivity index (χ4v) is 2.87. The molecule has 1 nitrogen and oxygen atoms in total. The highest BCUT2D eigenvalue weighted by Gasteiger charge is 2.16. The van der Waals surface area contributed by atoms with Crippen molar-refractivity contribution in [2.45, 2.75) is 12.8 Å². The van der Waals surface area contributed by atoms with Gasteiger partial charge in [0, 0.05) is 15.5 Å². The standard InChI is InChI=1S/C12H10BrN/c13-9-5-3-7-1-2-8-4-6-10(14)12(9)11(7)8/h3-6H,1-2,14H2. The van der Waals surface area contributed by atoms with Crippen LogP contribution in [0.15, 0.2) is 28.7 Å². The fraction of sp³-hybridized carbons (Fsp3) is 0.167. The van der Waals surface area contributed by atoms with Crippen LogP contribution >= 0.6 is 15.9 Å². The average Bonchev–Trinajstić information content (AvgIpc) is 2.58. The Morgan fingerprint density at radius 2 is 1.57 bits per heavy atom. The largest absolute Gasteiger partial charge is 0.398 e. The van der Waals surface area contributed by atoms with E-state index in [4.69, 9.17) is 5.73 Å². The molecule has 0 unspecified atom stereocenters. The lowest BCUT2D eigenvalue weighted by Gasteiger charge is -2.06. The van der Waals surface area contributed by atoms with E-state index < -0.39 is 0 Å². The summed E-state index contributed by atoms with van der Waals surface area (Å²) in [4.78, 5) is 0. The van der Waals surface area contributed by atoms with Crippen molar-refractivity contribution in [1.82, 2.24) is 0 Å². The van der Waals surface area contributed by atoms with E-state index in [1.165, 1.54) is 21.9 Å². The van der Waals surface area contributed by atoms with Gasteiger partial charge in [-0.25, -0.2) is 0 Å². The predicted molar refractivity (Wildman–Crippen MR) is 63.5 cm³/mol. The third-order valence-electron chi connectivity index (χ3n) is 2.98. The topological polar surface area (TPSA) is 26.0 Å². The minimum Gasteiger partial charge on any atom is -0.398 e. The number of nitrogen functional groups attached to an aromatic ring is 1. The Balaban J connectivity index is 2.60. The zero-order chi connectivity index (χ0) is 9.71. The molecule has 2 aromatic carbocycles. The Bertz CT molecular complexity index is 487. The van der Waals surface area contributed by atoms with Gasteiger partial charge in [-0.15, -0.1) is 0 Å². The van der Waals surface area contributed by atoms with Crippen LogP contribution in [0.5, 0.6) is 0 Å². The van der Waals surface area contributed by atoms with Gasteiger partial charge in [0.2, 0.25) is 0 Å². The van der Waals surface area contributed by atoms with Gasteiger partial charge >= 0.3 is 0 Å². The average molecular weight is 248 g/mol. The third-order valence-corrected chi connectivity index (χ3v) is 3.64. The van der Waals surface area contributed by atoms with Gasteiger partial charge in [-0.2, -0.15) is 0 Å². The van der Waals surface area contributed by atoms with Gasteiger partial charge in [-0.3, -0.25) is 0 Å². The van der Waals surface area contributed by atoms with Crippen molar-refractivity contribution in [3.8, 4) is 0 Å². The summed E-state index contributed by atoms with van der Waals surface area (Å²) in [5.41, 5.74) is 9.74. The third kappa shape index (κ3) is 0.947. The van der Waals surface area contributed by atoms with Crippen LogP contribution in [0.3, 0.4) is 0 Å². The molecule has 0 radical (unpaired) electrons. The quantitative estimate of drug-likeness (QED) is 0.711. The molecule has 14 heavy (non-hydrogen) atoms. The van der Waals surface area contributed by atoms with Gasteiger partial charge in [-0.05, 0) is 41.5 Å². The van der Waals surface area contributed by atoms with Crippen LogP contribution in [0.25, 0.3) is 10.8 Å². The summed E-state index contributed by atoms with van der Waals surface area (Å²) in [5, 5.41) is 2.57. The van der Waals surface area contributed by atoms with Crippen LogP contribution in [0.4, 0.5) is 5.69 Å². The zero-order valence-electron chi connectivity index (χ0n) is 7.68. The number of hydrogen-bond donors (Lipinski definition) is 1. The number of aryl methyl sites for hydroxylation is 2. The molecule has 2 N–H and O–H groups in total. The minimum atomic E-state index is 0.874. The molecule has 0 saturated carbocycles. The first-order valence-corrected chi connectivity index (χ1v) is 5.55. The number of halogens is 1. The predicted octanol–water partition coefficient (Wildman–Crippen LogP) is 3.28. The molecule has 1 aliphatic carbocycles. The lowest BCUT2D eigenvalue weighted by molar-refractivity contribution is 1.02. The molecule has 70 valence electrons. The van der Waals surface area contributed by atoms with Gasteiger partial charge in [-0.1, -0.05) is 28.1 Å². The molecule has 3 rings (SSSR count). The second-order valence-corrected chi connectivity index (χ2v) is 4.62. The summed E-state index contributed by atoms with van der Waals surface area (Å²) in [7, 11) is 0. The first kappa shape index (κ1) is 8.30. The van der Waals surface area contributed by atoms with Gasteiger partial charge in [0.05, 0.1) is 0 Å². The van der Waals surface area contributed by atoms with Crippen molar-refractivity contribution >= 4 is 32.4 Å². The minimum absolute atomic E-state index is 0.874. The highest BCUT2D eigenvalue weighted by Crippen LogP contribution is 2.38. The first-order valence-electron chi connectivity index (χ1n) is 4.76. The van der Waals surface area contributed by atoms with Gasteiger partial charge < -0.3 is 5.73 Å². The van der Waals surface area contributed by atoms with E-state index in [1.54, 1.807) is 0 Å². The molecular formula is C12H10BrN. The van der Waals surface area contributed by atoms with E-state index in [9.17, 15) is 0 Å². The van der Waals surface area contributed by atoms with Crippen molar-refractivity contribution in [3.63, 3.8) is 0 Å². The Labute approximate surface area is 91.0 Å². The second-order valence-electron chi connectivity index (χ2n) is 3.77. The monoisotopic (exact) mass is 247 g/mol. The Hall–Kier alpha value is -1.02. The van der Waals surface area contributed by atoms with Gasteiger partial charge in [0.25, 0.3) is 0 Å². The highest BCUT2D eigenvalue weighted by atomic mass is 79.9. The number of hydrogen-bond acceptors (Lipinski definition) is 1. The Morgan fingerprint density at radius 3 is 2.29 bits per heavy atom. The summed E-state index contributed by atoms with van der Waals surface area (Å²) in [6.45, 7) is 0. The molecule has 0 saturated heterocycles. The molecular weight excluding hydrogens is 238 g/mol. The lowest BCUT2D eigenvalue weighted by Crippen LogP contribution is -1.89. The summed E-state index contributed by atoms with van der Waals surface area (Å²) in [6, 6.07) is 8.46. The van der Waals surface area contributed by atoms with E-state index in [-0.39, 0.29) is 0 Å². The molecule has 0 aliphatic heterocycles. The maximum atomic E-state index is 5.99. The summed E-state index contributed by atoms with van der Waals surface area (Å²) in [6.07, 6.45) is 2.31. The number of nitrogens with two attached hydrogens (primary N) is 1. The van der Waals surface area contributed by atoms with Crippen LogP contribution in [-0.4, -0.2) is 0 Å². The van der Waals surface area contributed by atoms with Crippen LogP contribution in [0.2, 0.25) is 0 Å². The SMILES string of the molecule is Nc1ccc2c3c(ccc(Br)c13)CC2. The maximum Gasteiger partial charge on any atom is 0.0405 e. The molecule has 2 aromatic rings. The van der Waals surface area contributed by atoms with Crippen molar-refractivity contribution in [1.29, 1.82) is 0 Å².